The van der Waals surface area contributed by atoms with E-state index in [1.165, 1.54) is 6.07 Å². The zero-order valence-corrected chi connectivity index (χ0v) is 13.7. The molecule has 0 unspecified atom stereocenters. The third-order valence-electron chi connectivity index (χ3n) is 4.67. The molecule has 5 heteroatoms. The summed E-state index contributed by atoms with van der Waals surface area (Å²) in [4.78, 5) is 21.6. The molecule has 4 rings (SSSR count). The Hall–Kier alpha value is -2.56. The lowest BCUT2D eigenvalue weighted by Crippen LogP contribution is -2.36. The van der Waals surface area contributed by atoms with E-state index in [1.807, 2.05) is 6.07 Å². The molecule has 0 fully saturated rings. The molecular formula is C19H18FN3O. The highest BCUT2D eigenvalue weighted by Crippen LogP contribution is 2.30. The Balaban J connectivity index is 1.95. The van der Waals surface area contributed by atoms with Crippen molar-refractivity contribution >= 4 is 10.9 Å². The highest BCUT2D eigenvalue weighted by atomic mass is 19.1. The molecule has 1 aliphatic heterocycles. The van der Waals surface area contributed by atoms with Crippen molar-refractivity contribution in [3.05, 3.63) is 58.5 Å². The SMILES string of the molecule is CC1(C)CCc2nc3cc(-c4ccccn4)c(F)cc3c(=O)n2C1. The maximum Gasteiger partial charge on any atom is 0.261 e. The molecule has 0 saturated heterocycles. The van der Waals surface area contributed by atoms with Crippen LogP contribution in [0, 0.1) is 11.2 Å². The van der Waals surface area contributed by atoms with Crippen molar-refractivity contribution in [2.45, 2.75) is 33.2 Å². The maximum absolute atomic E-state index is 14.6. The van der Waals surface area contributed by atoms with Crippen LogP contribution in [-0.4, -0.2) is 14.5 Å². The lowest BCUT2D eigenvalue weighted by molar-refractivity contribution is 0.240. The quantitative estimate of drug-likeness (QED) is 0.688. The molecule has 0 saturated carbocycles. The van der Waals surface area contributed by atoms with Crippen LogP contribution in [0.15, 0.2) is 41.3 Å². The Morgan fingerprint density at radius 2 is 2.08 bits per heavy atom. The normalized spacial score (nSPS) is 16.1. The van der Waals surface area contributed by atoms with Crippen molar-refractivity contribution in [1.82, 2.24) is 14.5 Å². The van der Waals surface area contributed by atoms with Gasteiger partial charge in [-0.15, -0.1) is 0 Å². The van der Waals surface area contributed by atoms with Gasteiger partial charge in [0.25, 0.3) is 5.56 Å². The summed E-state index contributed by atoms with van der Waals surface area (Å²) in [6.07, 6.45) is 3.37. The molecule has 0 spiro atoms. The average molecular weight is 323 g/mol. The lowest BCUT2D eigenvalue weighted by atomic mass is 9.85. The van der Waals surface area contributed by atoms with Crippen molar-refractivity contribution < 1.29 is 4.39 Å². The second kappa shape index (κ2) is 5.23. The molecule has 24 heavy (non-hydrogen) atoms. The summed E-state index contributed by atoms with van der Waals surface area (Å²) in [7, 11) is 0. The van der Waals surface area contributed by atoms with E-state index in [9.17, 15) is 9.18 Å². The van der Waals surface area contributed by atoms with Crippen LogP contribution in [-0.2, 0) is 13.0 Å². The number of halogens is 1. The topological polar surface area (TPSA) is 47.8 Å². The van der Waals surface area contributed by atoms with E-state index in [0.29, 0.717) is 28.7 Å². The first-order valence-electron chi connectivity index (χ1n) is 8.09. The highest BCUT2D eigenvalue weighted by Gasteiger charge is 2.27. The molecule has 122 valence electrons. The summed E-state index contributed by atoms with van der Waals surface area (Å²) in [6.45, 7) is 4.89. The Kier molecular flexibility index (Phi) is 3.27. The third-order valence-corrected chi connectivity index (χ3v) is 4.67. The summed E-state index contributed by atoms with van der Waals surface area (Å²) in [5.41, 5.74) is 1.34. The molecule has 0 N–H and O–H groups in total. The summed E-state index contributed by atoms with van der Waals surface area (Å²) in [5, 5.41) is 0.327. The van der Waals surface area contributed by atoms with E-state index in [-0.39, 0.29) is 11.0 Å². The van der Waals surface area contributed by atoms with Crippen LogP contribution >= 0.6 is 0 Å². The van der Waals surface area contributed by atoms with Crippen LogP contribution in [0.2, 0.25) is 0 Å². The van der Waals surface area contributed by atoms with Gasteiger partial charge in [-0.25, -0.2) is 9.37 Å². The fraction of sp³-hybridized carbons (Fsp3) is 0.316. The van der Waals surface area contributed by atoms with Crippen molar-refractivity contribution in [2.75, 3.05) is 0 Å². The summed E-state index contributed by atoms with van der Waals surface area (Å²) >= 11 is 0. The molecule has 1 aliphatic rings. The number of nitrogens with zero attached hydrogens (tertiary/aromatic N) is 3. The van der Waals surface area contributed by atoms with E-state index in [1.54, 1.807) is 29.0 Å². The van der Waals surface area contributed by atoms with Gasteiger partial charge in [0.1, 0.15) is 11.6 Å². The van der Waals surface area contributed by atoms with E-state index in [2.05, 4.69) is 23.8 Å². The van der Waals surface area contributed by atoms with Gasteiger partial charge in [0, 0.05) is 24.7 Å². The Labute approximate surface area is 139 Å². The standard InChI is InChI=1S/C19H18FN3O/c1-19(2)7-6-17-22-16-10-12(15-5-3-4-8-21-15)14(20)9-13(16)18(24)23(17)11-19/h3-5,8-10H,6-7,11H2,1-2H3. The van der Waals surface area contributed by atoms with E-state index in [0.717, 1.165) is 18.7 Å². The third kappa shape index (κ3) is 2.40. The number of hydrogen-bond donors (Lipinski definition) is 0. The lowest BCUT2D eigenvalue weighted by Gasteiger charge is -2.31. The molecule has 3 heterocycles. The molecule has 2 aromatic heterocycles. The van der Waals surface area contributed by atoms with Gasteiger partial charge in [0.15, 0.2) is 0 Å². The number of aromatic nitrogens is 3. The molecule has 3 aromatic rings. The zero-order valence-electron chi connectivity index (χ0n) is 13.7. The maximum atomic E-state index is 14.6. The fourth-order valence-corrected chi connectivity index (χ4v) is 3.32. The van der Waals surface area contributed by atoms with Crippen molar-refractivity contribution in [2.24, 2.45) is 5.41 Å². The van der Waals surface area contributed by atoms with Crippen LogP contribution in [0.25, 0.3) is 22.2 Å². The second-order valence-electron chi connectivity index (χ2n) is 7.15. The molecular weight excluding hydrogens is 305 g/mol. The summed E-state index contributed by atoms with van der Waals surface area (Å²) in [6, 6.07) is 8.27. The van der Waals surface area contributed by atoms with Gasteiger partial charge in [-0.3, -0.25) is 14.3 Å². The number of aryl methyl sites for hydroxylation is 1. The minimum atomic E-state index is -0.448. The number of pyridine rings is 1. The number of hydrogen-bond acceptors (Lipinski definition) is 3. The first-order chi connectivity index (χ1) is 11.4. The highest BCUT2D eigenvalue weighted by molar-refractivity contribution is 5.83. The van der Waals surface area contributed by atoms with Crippen molar-refractivity contribution in [1.29, 1.82) is 0 Å². The van der Waals surface area contributed by atoms with Gasteiger partial charge in [-0.2, -0.15) is 0 Å². The van der Waals surface area contributed by atoms with Crippen LogP contribution in [0.4, 0.5) is 4.39 Å². The van der Waals surface area contributed by atoms with Crippen molar-refractivity contribution in [3.63, 3.8) is 0 Å². The monoisotopic (exact) mass is 323 g/mol. The van der Waals surface area contributed by atoms with Crippen LogP contribution < -0.4 is 5.56 Å². The van der Waals surface area contributed by atoms with Crippen LogP contribution in [0.3, 0.4) is 0 Å². The van der Waals surface area contributed by atoms with E-state index >= 15 is 0 Å². The fourth-order valence-electron chi connectivity index (χ4n) is 3.32. The Morgan fingerprint density at radius 3 is 2.83 bits per heavy atom. The predicted molar refractivity (Wildman–Crippen MR) is 91.3 cm³/mol. The largest absolute Gasteiger partial charge is 0.296 e. The summed E-state index contributed by atoms with van der Waals surface area (Å²) < 4.78 is 16.3. The predicted octanol–water partition coefficient (Wildman–Crippen LogP) is 3.57. The van der Waals surface area contributed by atoms with Crippen LogP contribution in [0.5, 0.6) is 0 Å². The molecule has 0 bridgehead atoms. The first-order valence-corrected chi connectivity index (χ1v) is 8.09. The van der Waals surface area contributed by atoms with E-state index in [4.69, 9.17) is 0 Å². The van der Waals surface area contributed by atoms with Crippen molar-refractivity contribution in [3.8, 4) is 11.3 Å². The number of fused-ring (bicyclic) bond motifs is 2. The van der Waals surface area contributed by atoms with Gasteiger partial charge >= 0.3 is 0 Å². The van der Waals surface area contributed by atoms with Gasteiger partial charge < -0.3 is 0 Å². The average Bonchev–Trinajstić information content (AvgIpc) is 2.56. The van der Waals surface area contributed by atoms with Gasteiger partial charge in [-0.05, 0) is 36.1 Å². The minimum absolute atomic E-state index is 0.0542. The summed E-state index contributed by atoms with van der Waals surface area (Å²) in [5.74, 6) is 0.334. The molecule has 0 amide bonds. The Morgan fingerprint density at radius 1 is 1.25 bits per heavy atom. The smallest absolute Gasteiger partial charge is 0.261 e. The second-order valence-corrected chi connectivity index (χ2v) is 7.15. The Bertz CT molecular complexity index is 993. The molecule has 4 nitrogen and oxygen atoms in total. The molecule has 0 atom stereocenters. The molecule has 1 aromatic carbocycles. The van der Waals surface area contributed by atoms with E-state index < -0.39 is 5.82 Å². The van der Waals surface area contributed by atoms with Gasteiger partial charge in [0.2, 0.25) is 0 Å². The minimum Gasteiger partial charge on any atom is -0.296 e. The van der Waals surface area contributed by atoms with Gasteiger partial charge in [-0.1, -0.05) is 19.9 Å². The van der Waals surface area contributed by atoms with Crippen LogP contribution in [0.1, 0.15) is 26.1 Å². The van der Waals surface area contributed by atoms with Gasteiger partial charge in [0.05, 0.1) is 16.6 Å². The number of rotatable bonds is 1. The zero-order chi connectivity index (χ0) is 16.9. The first kappa shape index (κ1) is 15.0. The molecule has 0 radical (unpaired) electrons. The molecule has 0 aliphatic carbocycles. The number of benzene rings is 1.